The molecule has 1 atom stereocenters. The van der Waals surface area contributed by atoms with Crippen molar-refractivity contribution in [1.29, 1.82) is 0 Å². The average Bonchev–Trinajstić information content (AvgIpc) is 2.84. The van der Waals surface area contributed by atoms with Crippen LogP contribution in [0.4, 0.5) is 5.69 Å². The molecule has 4 heteroatoms. The lowest BCUT2D eigenvalue weighted by Crippen LogP contribution is -2.34. The second-order valence-electron chi connectivity index (χ2n) is 4.67. The van der Waals surface area contributed by atoms with E-state index in [0.29, 0.717) is 6.42 Å². The molecule has 0 spiro atoms. The van der Waals surface area contributed by atoms with Crippen molar-refractivity contribution in [2.75, 3.05) is 5.73 Å². The minimum Gasteiger partial charge on any atom is -0.399 e. The van der Waals surface area contributed by atoms with E-state index in [1.807, 2.05) is 37.3 Å². The number of benzene rings is 1. The number of nitrogens with two attached hydrogens (primary N) is 1. The van der Waals surface area contributed by atoms with Crippen molar-refractivity contribution in [1.82, 2.24) is 5.32 Å². The van der Waals surface area contributed by atoms with E-state index in [2.05, 4.69) is 16.8 Å². The Morgan fingerprint density at radius 3 is 2.68 bits per heavy atom. The van der Waals surface area contributed by atoms with Gasteiger partial charge >= 0.3 is 0 Å². The van der Waals surface area contributed by atoms with E-state index in [4.69, 9.17) is 5.73 Å². The highest BCUT2D eigenvalue weighted by Gasteiger charge is 2.09. The molecule has 1 aromatic carbocycles. The van der Waals surface area contributed by atoms with E-state index < -0.39 is 0 Å². The van der Waals surface area contributed by atoms with Crippen LogP contribution in [0.15, 0.2) is 41.8 Å². The maximum absolute atomic E-state index is 11.9. The van der Waals surface area contributed by atoms with Crippen LogP contribution in [0.3, 0.4) is 0 Å². The molecule has 100 valence electrons. The molecule has 1 amide bonds. The van der Waals surface area contributed by atoms with Gasteiger partial charge in [0.25, 0.3) is 0 Å². The highest BCUT2D eigenvalue weighted by Crippen LogP contribution is 2.11. The predicted molar refractivity (Wildman–Crippen MR) is 80.2 cm³/mol. The van der Waals surface area contributed by atoms with E-state index in [1.54, 1.807) is 11.3 Å². The minimum atomic E-state index is 0.0498. The molecular formula is C15H18N2OS. The molecule has 1 unspecified atom stereocenters. The minimum absolute atomic E-state index is 0.0498. The maximum atomic E-state index is 11.9. The SMILES string of the molecule is CC(Cc1cccs1)NC(=O)Cc1ccc(N)cc1. The van der Waals surface area contributed by atoms with Crippen molar-refractivity contribution in [2.45, 2.75) is 25.8 Å². The summed E-state index contributed by atoms with van der Waals surface area (Å²) >= 11 is 1.72. The van der Waals surface area contributed by atoms with Crippen LogP contribution in [0.1, 0.15) is 17.4 Å². The van der Waals surface area contributed by atoms with Gasteiger partial charge in [-0.3, -0.25) is 4.79 Å². The number of thiophene rings is 1. The topological polar surface area (TPSA) is 55.1 Å². The Morgan fingerprint density at radius 2 is 2.05 bits per heavy atom. The van der Waals surface area contributed by atoms with Crippen LogP contribution in [-0.4, -0.2) is 11.9 Å². The van der Waals surface area contributed by atoms with Crippen LogP contribution >= 0.6 is 11.3 Å². The number of nitrogen functional groups attached to an aromatic ring is 1. The van der Waals surface area contributed by atoms with Crippen molar-refractivity contribution in [3.63, 3.8) is 0 Å². The normalized spacial score (nSPS) is 12.1. The van der Waals surface area contributed by atoms with Crippen LogP contribution in [0.25, 0.3) is 0 Å². The van der Waals surface area contributed by atoms with Crippen LogP contribution in [0, 0.1) is 0 Å². The first kappa shape index (κ1) is 13.6. The van der Waals surface area contributed by atoms with E-state index >= 15 is 0 Å². The smallest absolute Gasteiger partial charge is 0.224 e. The number of amides is 1. The molecule has 0 radical (unpaired) electrons. The summed E-state index contributed by atoms with van der Waals surface area (Å²) in [5, 5.41) is 5.07. The van der Waals surface area contributed by atoms with Gasteiger partial charge in [-0.1, -0.05) is 18.2 Å². The first-order chi connectivity index (χ1) is 9.13. The molecular weight excluding hydrogens is 256 g/mol. The third kappa shape index (κ3) is 4.41. The summed E-state index contributed by atoms with van der Waals surface area (Å²) < 4.78 is 0. The zero-order chi connectivity index (χ0) is 13.7. The van der Waals surface area contributed by atoms with E-state index in [-0.39, 0.29) is 11.9 Å². The lowest BCUT2D eigenvalue weighted by Gasteiger charge is -2.13. The first-order valence-corrected chi connectivity index (χ1v) is 7.17. The number of carbonyl (C=O) groups is 1. The number of hydrogen-bond acceptors (Lipinski definition) is 3. The van der Waals surface area contributed by atoms with Gasteiger partial charge in [0.2, 0.25) is 5.91 Å². The molecule has 0 fully saturated rings. The van der Waals surface area contributed by atoms with Crippen LogP contribution in [0.2, 0.25) is 0 Å². The van der Waals surface area contributed by atoms with Gasteiger partial charge < -0.3 is 11.1 Å². The van der Waals surface area contributed by atoms with E-state index in [0.717, 1.165) is 17.7 Å². The molecule has 0 aliphatic rings. The Bertz CT molecular complexity index is 520. The molecule has 0 saturated carbocycles. The van der Waals surface area contributed by atoms with Gasteiger partial charge in [-0.25, -0.2) is 0 Å². The van der Waals surface area contributed by atoms with Gasteiger partial charge in [-0.15, -0.1) is 11.3 Å². The Morgan fingerprint density at radius 1 is 1.32 bits per heavy atom. The lowest BCUT2D eigenvalue weighted by atomic mass is 10.1. The van der Waals surface area contributed by atoms with Crippen molar-refractivity contribution < 1.29 is 4.79 Å². The van der Waals surface area contributed by atoms with E-state index in [9.17, 15) is 4.79 Å². The molecule has 3 N–H and O–H groups in total. The van der Waals surface area contributed by atoms with Gasteiger partial charge in [0.15, 0.2) is 0 Å². The first-order valence-electron chi connectivity index (χ1n) is 6.29. The molecule has 19 heavy (non-hydrogen) atoms. The molecule has 3 nitrogen and oxygen atoms in total. The summed E-state index contributed by atoms with van der Waals surface area (Å²) in [6, 6.07) is 11.7. The molecule has 1 heterocycles. The Kier molecular flexibility index (Phi) is 4.58. The fourth-order valence-corrected chi connectivity index (χ4v) is 2.76. The van der Waals surface area contributed by atoms with Crippen molar-refractivity contribution in [2.24, 2.45) is 0 Å². The fraction of sp³-hybridized carbons (Fsp3) is 0.267. The molecule has 2 aromatic rings. The molecule has 1 aromatic heterocycles. The van der Waals surface area contributed by atoms with Crippen LogP contribution < -0.4 is 11.1 Å². The monoisotopic (exact) mass is 274 g/mol. The van der Waals surface area contributed by atoms with Crippen molar-refractivity contribution >= 4 is 22.9 Å². The number of anilines is 1. The zero-order valence-electron chi connectivity index (χ0n) is 10.9. The highest BCUT2D eigenvalue weighted by molar-refractivity contribution is 7.09. The molecule has 0 saturated heterocycles. The van der Waals surface area contributed by atoms with Crippen molar-refractivity contribution in [3.8, 4) is 0 Å². The van der Waals surface area contributed by atoms with E-state index in [1.165, 1.54) is 4.88 Å². The summed E-state index contributed by atoms with van der Waals surface area (Å²) in [4.78, 5) is 13.2. The second kappa shape index (κ2) is 6.38. The number of nitrogens with one attached hydrogen (secondary N) is 1. The highest BCUT2D eigenvalue weighted by atomic mass is 32.1. The van der Waals surface area contributed by atoms with Crippen molar-refractivity contribution in [3.05, 3.63) is 52.2 Å². The van der Waals surface area contributed by atoms with Gasteiger partial charge in [-0.2, -0.15) is 0 Å². The second-order valence-corrected chi connectivity index (χ2v) is 5.70. The summed E-state index contributed by atoms with van der Waals surface area (Å²) in [6.45, 7) is 2.03. The summed E-state index contributed by atoms with van der Waals surface area (Å²) in [6.07, 6.45) is 1.28. The summed E-state index contributed by atoms with van der Waals surface area (Å²) in [5.74, 6) is 0.0498. The van der Waals surface area contributed by atoms with Gasteiger partial charge in [0, 0.05) is 23.0 Å². The summed E-state index contributed by atoms with van der Waals surface area (Å²) in [7, 11) is 0. The quantitative estimate of drug-likeness (QED) is 0.823. The van der Waals surface area contributed by atoms with Crippen LogP contribution in [0.5, 0.6) is 0 Å². The molecule has 0 aliphatic carbocycles. The third-order valence-electron chi connectivity index (χ3n) is 2.84. The Labute approximate surface area is 117 Å². The zero-order valence-corrected chi connectivity index (χ0v) is 11.7. The van der Waals surface area contributed by atoms with Gasteiger partial charge in [0.1, 0.15) is 0 Å². The number of carbonyl (C=O) groups excluding carboxylic acids is 1. The maximum Gasteiger partial charge on any atom is 0.224 e. The summed E-state index contributed by atoms with van der Waals surface area (Å²) in [5.41, 5.74) is 7.31. The molecule has 0 bridgehead atoms. The molecule has 0 aliphatic heterocycles. The molecule has 2 rings (SSSR count). The largest absolute Gasteiger partial charge is 0.399 e. The predicted octanol–water partition coefficient (Wildman–Crippen LogP) is 2.62. The lowest BCUT2D eigenvalue weighted by molar-refractivity contribution is -0.121. The standard InChI is InChI=1S/C15H18N2OS/c1-11(9-14-3-2-8-19-14)17-15(18)10-12-4-6-13(16)7-5-12/h2-8,11H,9-10,16H2,1H3,(H,17,18). The Hall–Kier alpha value is -1.81. The van der Waals surface area contributed by atoms with Crippen LogP contribution in [-0.2, 0) is 17.6 Å². The average molecular weight is 274 g/mol. The fourth-order valence-electron chi connectivity index (χ4n) is 1.93. The Balaban J connectivity index is 1.82. The third-order valence-corrected chi connectivity index (χ3v) is 3.74. The number of hydrogen-bond donors (Lipinski definition) is 2. The van der Waals surface area contributed by atoms with Gasteiger partial charge in [-0.05, 0) is 36.1 Å². The van der Waals surface area contributed by atoms with Gasteiger partial charge in [0.05, 0.1) is 6.42 Å². The number of rotatable bonds is 5.